The van der Waals surface area contributed by atoms with Gasteiger partial charge in [0.25, 0.3) is 0 Å². The van der Waals surface area contributed by atoms with Crippen molar-refractivity contribution < 1.29 is 0 Å². The van der Waals surface area contributed by atoms with Crippen LogP contribution in [0, 0.1) is 0 Å². The highest BCUT2D eigenvalue weighted by molar-refractivity contribution is 6.21. The predicted octanol–water partition coefficient (Wildman–Crippen LogP) is 5.27. The molecule has 1 nitrogen and oxygen atoms in total. The average Bonchev–Trinajstić information content (AvgIpc) is 2.33. The van der Waals surface area contributed by atoms with Gasteiger partial charge in [-0.1, -0.05) is 64.7 Å². The van der Waals surface area contributed by atoms with Gasteiger partial charge >= 0.3 is 0 Å². The van der Waals surface area contributed by atoms with Crippen LogP contribution in [0.5, 0.6) is 0 Å². The monoisotopic (exact) mass is 273 g/mol. The molecule has 1 N–H and O–H groups in total. The van der Waals surface area contributed by atoms with Gasteiger partial charge in [0.2, 0.25) is 0 Å². The van der Waals surface area contributed by atoms with Gasteiger partial charge in [0.05, 0.1) is 0 Å². The van der Waals surface area contributed by atoms with Crippen LogP contribution < -0.4 is 5.32 Å². The Hall–Kier alpha value is 0.250. The van der Waals surface area contributed by atoms with E-state index in [0.717, 1.165) is 6.04 Å². The van der Waals surface area contributed by atoms with E-state index >= 15 is 0 Å². The molecule has 0 spiro atoms. The summed E-state index contributed by atoms with van der Waals surface area (Å²) in [6.45, 7) is 3.48. The fourth-order valence-corrected chi connectivity index (χ4v) is 3.06. The molecular formula is C16H32ClN. The zero-order chi connectivity index (χ0) is 13.1. The van der Waals surface area contributed by atoms with Crippen LogP contribution in [0.1, 0.15) is 84.0 Å². The van der Waals surface area contributed by atoms with Gasteiger partial charge in [-0.2, -0.15) is 0 Å². The summed E-state index contributed by atoms with van der Waals surface area (Å²) in [5.74, 6) is 0. The minimum Gasteiger partial charge on any atom is -0.314 e. The fourth-order valence-electron chi connectivity index (χ4n) is 2.63. The molecule has 2 heteroatoms. The highest BCUT2D eigenvalue weighted by atomic mass is 35.5. The molecular weight excluding hydrogens is 242 g/mol. The summed E-state index contributed by atoms with van der Waals surface area (Å²) in [4.78, 5) is 0. The molecule has 1 rings (SSSR count). The molecule has 1 aliphatic carbocycles. The van der Waals surface area contributed by atoms with Crippen molar-refractivity contribution >= 4 is 11.6 Å². The van der Waals surface area contributed by atoms with Gasteiger partial charge in [0, 0.05) is 11.4 Å². The second kappa shape index (κ2) is 11.1. The minimum absolute atomic E-state index is 0.454. The maximum atomic E-state index is 5.95. The number of alkyl halides is 1. The van der Waals surface area contributed by atoms with Crippen LogP contribution in [-0.4, -0.2) is 18.0 Å². The smallest absolute Gasteiger partial charge is 0.0365 e. The van der Waals surface area contributed by atoms with Crippen LogP contribution in [0.3, 0.4) is 0 Å². The molecule has 1 saturated carbocycles. The van der Waals surface area contributed by atoms with Crippen LogP contribution >= 0.6 is 11.6 Å². The summed E-state index contributed by atoms with van der Waals surface area (Å²) in [6, 6.07) is 0.728. The first-order chi connectivity index (χ1) is 8.83. The van der Waals surface area contributed by atoms with E-state index in [0.29, 0.717) is 5.38 Å². The Bertz CT molecular complexity index is 178. The first-order valence-electron chi connectivity index (χ1n) is 8.20. The lowest BCUT2D eigenvalue weighted by molar-refractivity contribution is 0.343. The van der Waals surface area contributed by atoms with E-state index < -0.39 is 0 Å². The predicted molar refractivity (Wildman–Crippen MR) is 82.5 cm³/mol. The number of hydrogen-bond donors (Lipinski definition) is 1. The fraction of sp³-hybridized carbons (Fsp3) is 1.00. The van der Waals surface area contributed by atoms with Gasteiger partial charge in [0.15, 0.2) is 0 Å². The molecule has 0 heterocycles. The molecule has 108 valence electrons. The van der Waals surface area contributed by atoms with E-state index in [9.17, 15) is 0 Å². The Morgan fingerprint density at radius 2 is 1.33 bits per heavy atom. The molecule has 0 aromatic carbocycles. The second-order valence-corrected chi connectivity index (χ2v) is 6.52. The van der Waals surface area contributed by atoms with E-state index in [4.69, 9.17) is 11.6 Å². The lowest BCUT2D eigenvalue weighted by Crippen LogP contribution is -2.42. The summed E-state index contributed by atoms with van der Waals surface area (Å²) in [5.41, 5.74) is 0. The molecule has 0 aromatic rings. The van der Waals surface area contributed by atoms with Crippen molar-refractivity contribution in [1.82, 2.24) is 5.32 Å². The summed E-state index contributed by atoms with van der Waals surface area (Å²) >= 11 is 5.95. The molecule has 0 saturated heterocycles. The highest BCUT2D eigenvalue weighted by Gasteiger charge is 2.25. The van der Waals surface area contributed by atoms with Gasteiger partial charge in [0.1, 0.15) is 0 Å². The summed E-state index contributed by atoms with van der Waals surface area (Å²) < 4.78 is 0. The number of halogens is 1. The summed E-state index contributed by atoms with van der Waals surface area (Å²) in [7, 11) is 0. The molecule has 0 radical (unpaired) electrons. The van der Waals surface area contributed by atoms with Gasteiger partial charge in [-0.25, -0.2) is 0 Å². The summed E-state index contributed by atoms with van der Waals surface area (Å²) in [5, 5.41) is 4.04. The summed E-state index contributed by atoms with van der Waals surface area (Å²) in [6.07, 6.45) is 16.6. The van der Waals surface area contributed by atoms with Gasteiger partial charge < -0.3 is 5.32 Å². The lowest BCUT2D eigenvalue weighted by Gasteiger charge is -2.31. The molecule has 0 atom stereocenters. The van der Waals surface area contributed by atoms with Crippen molar-refractivity contribution in [1.29, 1.82) is 0 Å². The van der Waals surface area contributed by atoms with Crippen molar-refractivity contribution in [3.63, 3.8) is 0 Å². The third-order valence-corrected chi connectivity index (χ3v) is 4.40. The topological polar surface area (TPSA) is 12.0 Å². The Morgan fingerprint density at radius 1 is 0.833 bits per heavy atom. The molecule has 0 aromatic heterocycles. The van der Waals surface area contributed by atoms with Gasteiger partial charge in [-0.05, 0) is 25.8 Å². The minimum atomic E-state index is 0.454. The second-order valence-electron chi connectivity index (χ2n) is 5.90. The first-order valence-corrected chi connectivity index (χ1v) is 8.64. The third-order valence-electron chi connectivity index (χ3n) is 4.04. The zero-order valence-corrected chi connectivity index (χ0v) is 13.0. The van der Waals surface area contributed by atoms with E-state index in [1.54, 1.807) is 0 Å². The Morgan fingerprint density at radius 3 is 1.83 bits per heavy atom. The number of nitrogens with one attached hydrogen (secondary N) is 1. The van der Waals surface area contributed by atoms with Crippen LogP contribution in [0.15, 0.2) is 0 Å². The van der Waals surface area contributed by atoms with Crippen molar-refractivity contribution in [2.75, 3.05) is 6.54 Å². The van der Waals surface area contributed by atoms with E-state index in [2.05, 4.69) is 12.2 Å². The Kier molecular flexibility index (Phi) is 10.1. The first kappa shape index (κ1) is 16.3. The molecule has 18 heavy (non-hydrogen) atoms. The molecule has 1 aliphatic rings. The maximum Gasteiger partial charge on any atom is 0.0365 e. The lowest BCUT2D eigenvalue weighted by atomic mass is 9.92. The van der Waals surface area contributed by atoms with E-state index in [1.807, 2.05) is 0 Å². The molecule has 0 amide bonds. The third kappa shape index (κ3) is 8.37. The zero-order valence-electron chi connectivity index (χ0n) is 12.2. The van der Waals surface area contributed by atoms with Crippen molar-refractivity contribution in [3.8, 4) is 0 Å². The quantitative estimate of drug-likeness (QED) is 0.377. The Labute approximate surface area is 119 Å². The molecule has 0 unspecified atom stereocenters. The van der Waals surface area contributed by atoms with Crippen molar-refractivity contribution in [2.45, 2.75) is 95.4 Å². The average molecular weight is 274 g/mol. The van der Waals surface area contributed by atoms with Crippen LogP contribution in [-0.2, 0) is 0 Å². The van der Waals surface area contributed by atoms with Gasteiger partial charge in [-0.3, -0.25) is 0 Å². The van der Waals surface area contributed by atoms with E-state index in [1.165, 1.54) is 83.6 Å². The van der Waals surface area contributed by atoms with Crippen LogP contribution in [0.2, 0.25) is 0 Å². The maximum absolute atomic E-state index is 5.95. The number of hydrogen-bond acceptors (Lipinski definition) is 1. The normalized spacial score (nSPS) is 23.0. The number of rotatable bonds is 12. The molecule has 0 aliphatic heterocycles. The standard InChI is InChI=1S/C16H32ClN/c1-2-3-4-5-6-7-8-9-10-11-12-18-16-13-15(17)14-16/h15-16,18H,2-14H2,1H3. The van der Waals surface area contributed by atoms with Crippen molar-refractivity contribution in [2.24, 2.45) is 0 Å². The van der Waals surface area contributed by atoms with Crippen LogP contribution in [0.4, 0.5) is 0 Å². The van der Waals surface area contributed by atoms with Gasteiger partial charge in [-0.15, -0.1) is 11.6 Å². The highest BCUT2D eigenvalue weighted by Crippen LogP contribution is 2.25. The Balaban J connectivity index is 1.66. The molecule has 1 fully saturated rings. The van der Waals surface area contributed by atoms with E-state index in [-0.39, 0.29) is 0 Å². The number of unbranched alkanes of at least 4 members (excludes halogenated alkanes) is 9. The van der Waals surface area contributed by atoms with Crippen LogP contribution in [0.25, 0.3) is 0 Å². The molecule has 0 bridgehead atoms. The largest absolute Gasteiger partial charge is 0.314 e. The SMILES string of the molecule is CCCCCCCCCCCCNC1CC(Cl)C1. The van der Waals surface area contributed by atoms with Crippen molar-refractivity contribution in [3.05, 3.63) is 0 Å².